The summed E-state index contributed by atoms with van der Waals surface area (Å²) in [5, 5.41) is 3.04. The molecule has 19 heavy (non-hydrogen) atoms. The molecule has 0 aromatic heterocycles. The summed E-state index contributed by atoms with van der Waals surface area (Å²) < 4.78 is 13.4. The maximum Gasteiger partial charge on any atom is 0.221 e. The summed E-state index contributed by atoms with van der Waals surface area (Å²) >= 11 is 1.72. The topological polar surface area (TPSA) is 29.1 Å². The van der Waals surface area contributed by atoms with E-state index in [-0.39, 0.29) is 23.2 Å². The van der Waals surface area contributed by atoms with Gasteiger partial charge in [-0.1, -0.05) is 20.8 Å². The van der Waals surface area contributed by atoms with E-state index in [2.05, 4.69) is 5.32 Å². The molecule has 0 bridgehead atoms. The van der Waals surface area contributed by atoms with Crippen LogP contribution < -0.4 is 5.32 Å². The second-order valence-corrected chi connectivity index (χ2v) is 7.31. The van der Waals surface area contributed by atoms with Gasteiger partial charge in [0.05, 0.1) is 6.04 Å². The van der Waals surface area contributed by atoms with Crippen molar-refractivity contribution in [2.75, 3.05) is 5.75 Å². The number of nitrogens with one attached hydrogen (secondary N) is 1. The molecule has 104 valence electrons. The van der Waals surface area contributed by atoms with E-state index >= 15 is 0 Å². The molecule has 1 aliphatic heterocycles. The molecule has 4 heteroatoms. The Morgan fingerprint density at radius 3 is 2.89 bits per heavy atom. The lowest BCUT2D eigenvalue weighted by molar-refractivity contribution is -0.123. The minimum Gasteiger partial charge on any atom is -0.349 e. The number of rotatable bonds is 2. The normalized spacial score (nSPS) is 18.8. The molecule has 0 radical (unpaired) electrons. The fourth-order valence-corrected chi connectivity index (χ4v) is 3.35. The molecular formula is C15H20FNOS. The van der Waals surface area contributed by atoms with Crippen molar-refractivity contribution in [2.45, 2.75) is 44.6 Å². The van der Waals surface area contributed by atoms with Gasteiger partial charge < -0.3 is 5.32 Å². The van der Waals surface area contributed by atoms with Crippen LogP contribution in [0.5, 0.6) is 0 Å². The Morgan fingerprint density at radius 2 is 2.21 bits per heavy atom. The van der Waals surface area contributed by atoms with Gasteiger partial charge in [0.1, 0.15) is 5.82 Å². The second kappa shape index (κ2) is 5.53. The monoisotopic (exact) mass is 281 g/mol. The number of carbonyl (C=O) groups is 1. The minimum atomic E-state index is -0.240. The highest BCUT2D eigenvalue weighted by Gasteiger charge is 2.24. The number of halogens is 1. The number of benzene rings is 1. The van der Waals surface area contributed by atoms with E-state index in [4.69, 9.17) is 0 Å². The average Bonchev–Trinajstić information content (AvgIpc) is 2.27. The zero-order valence-corrected chi connectivity index (χ0v) is 12.4. The average molecular weight is 281 g/mol. The van der Waals surface area contributed by atoms with Gasteiger partial charge in [0, 0.05) is 17.1 Å². The molecule has 0 spiro atoms. The van der Waals surface area contributed by atoms with Crippen LogP contribution in [0.1, 0.15) is 45.2 Å². The van der Waals surface area contributed by atoms with Gasteiger partial charge in [0.2, 0.25) is 5.91 Å². The Bertz CT molecular complexity index is 482. The molecule has 0 fully saturated rings. The van der Waals surface area contributed by atoms with Crippen molar-refractivity contribution in [3.8, 4) is 0 Å². The van der Waals surface area contributed by atoms with Crippen LogP contribution >= 0.6 is 11.8 Å². The first kappa shape index (κ1) is 14.4. The second-order valence-electron chi connectivity index (χ2n) is 6.18. The van der Waals surface area contributed by atoms with Gasteiger partial charge in [-0.15, -0.1) is 11.8 Å². The summed E-state index contributed by atoms with van der Waals surface area (Å²) in [7, 11) is 0. The third kappa shape index (κ3) is 3.96. The number of carbonyl (C=O) groups excluding carboxylic acids is 1. The molecule has 1 heterocycles. The van der Waals surface area contributed by atoms with Crippen molar-refractivity contribution in [1.29, 1.82) is 0 Å². The Hall–Kier alpha value is -1.03. The molecule has 1 aromatic rings. The van der Waals surface area contributed by atoms with Gasteiger partial charge in [-0.3, -0.25) is 4.79 Å². The van der Waals surface area contributed by atoms with Gasteiger partial charge in [0.25, 0.3) is 0 Å². The van der Waals surface area contributed by atoms with E-state index in [1.54, 1.807) is 23.9 Å². The fourth-order valence-electron chi connectivity index (χ4n) is 2.24. The molecule has 0 saturated heterocycles. The summed E-state index contributed by atoms with van der Waals surface area (Å²) in [5.41, 5.74) is 0.886. The van der Waals surface area contributed by atoms with Crippen molar-refractivity contribution in [3.05, 3.63) is 29.6 Å². The fraction of sp³-hybridized carbons (Fsp3) is 0.533. The lowest BCUT2D eigenvalue weighted by Gasteiger charge is -2.27. The van der Waals surface area contributed by atoms with Gasteiger partial charge in [-0.25, -0.2) is 4.39 Å². The van der Waals surface area contributed by atoms with Crippen molar-refractivity contribution in [3.63, 3.8) is 0 Å². The first-order chi connectivity index (χ1) is 8.85. The van der Waals surface area contributed by atoms with Crippen molar-refractivity contribution < 1.29 is 9.18 Å². The first-order valence-electron chi connectivity index (χ1n) is 6.57. The minimum absolute atomic E-state index is 0.0295. The van der Waals surface area contributed by atoms with E-state index in [1.165, 1.54) is 6.07 Å². The molecule has 1 aliphatic rings. The van der Waals surface area contributed by atoms with Crippen LogP contribution in [0.4, 0.5) is 4.39 Å². The summed E-state index contributed by atoms with van der Waals surface area (Å²) in [6, 6.07) is 4.77. The molecule has 1 N–H and O–H groups in total. The number of amides is 1. The Morgan fingerprint density at radius 1 is 1.47 bits per heavy atom. The molecule has 2 rings (SSSR count). The van der Waals surface area contributed by atoms with Crippen LogP contribution in [0, 0.1) is 11.2 Å². The SMILES string of the molecule is CC(C)(C)CC(=O)NC1CCSc2ccc(F)cc21. The van der Waals surface area contributed by atoms with Crippen LogP contribution in [-0.4, -0.2) is 11.7 Å². The van der Waals surface area contributed by atoms with E-state index in [0.29, 0.717) is 6.42 Å². The largest absolute Gasteiger partial charge is 0.349 e. The summed E-state index contributed by atoms with van der Waals surface area (Å²) in [5.74, 6) is 0.759. The summed E-state index contributed by atoms with van der Waals surface area (Å²) in [4.78, 5) is 13.1. The molecule has 0 saturated carbocycles. The lowest BCUT2D eigenvalue weighted by atomic mass is 9.91. The highest BCUT2D eigenvalue weighted by atomic mass is 32.2. The predicted octanol–water partition coefficient (Wildman–Crippen LogP) is 3.92. The molecule has 0 aliphatic carbocycles. The van der Waals surface area contributed by atoms with Gasteiger partial charge in [-0.2, -0.15) is 0 Å². The van der Waals surface area contributed by atoms with Gasteiger partial charge in [0.15, 0.2) is 0 Å². The van der Waals surface area contributed by atoms with E-state index in [1.807, 2.05) is 20.8 Å². The first-order valence-corrected chi connectivity index (χ1v) is 7.55. The predicted molar refractivity (Wildman–Crippen MR) is 76.7 cm³/mol. The van der Waals surface area contributed by atoms with Crippen LogP contribution in [0.25, 0.3) is 0 Å². The van der Waals surface area contributed by atoms with Crippen LogP contribution in [0.3, 0.4) is 0 Å². The molecular weight excluding hydrogens is 261 g/mol. The maximum atomic E-state index is 13.4. The molecule has 2 nitrogen and oxygen atoms in total. The highest BCUT2D eigenvalue weighted by molar-refractivity contribution is 7.99. The lowest BCUT2D eigenvalue weighted by Crippen LogP contribution is -2.33. The summed E-state index contributed by atoms with van der Waals surface area (Å²) in [6.07, 6.45) is 1.35. The molecule has 1 amide bonds. The quantitative estimate of drug-likeness (QED) is 0.890. The zero-order valence-electron chi connectivity index (χ0n) is 11.6. The molecule has 1 unspecified atom stereocenters. The Labute approximate surface area is 118 Å². The van der Waals surface area contributed by atoms with E-state index in [0.717, 1.165) is 22.6 Å². The van der Waals surface area contributed by atoms with Crippen molar-refractivity contribution >= 4 is 17.7 Å². The van der Waals surface area contributed by atoms with Gasteiger partial charge in [-0.05, 0) is 35.6 Å². The van der Waals surface area contributed by atoms with E-state index < -0.39 is 0 Å². The van der Waals surface area contributed by atoms with Crippen LogP contribution in [0.2, 0.25) is 0 Å². The number of fused-ring (bicyclic) bond motifs is 1. The molecule has 1 aromatic carbocycles. The number of hydrogen-bond donors (Lipinski definition) is 1. The smallest absolute Gasteiger partial charge is 0.221 e. The molecule has 1 atom stereocenters. The van der Waals surface area contributed by atoms with Crippen molar-refractivity contribution in [2.24, 2.45) is 5.41 Å². The highest BCUT2D eigenvalue weighted by Crippen LogP contribution is 2.36. The maximum absolute atomic E-state index is 13.4. The number of hydrogen-bond acceptors (Lipinski definition) is 2. The van der Waals surface area contributed by atoms with E-state index in [9.17, 15) is 9.18 Å². The third-order valence-corrected chi connectivity index (χ3v) is 4.16. The zero-order chi connectivity index (χ0) is 14.0. The number of thioether (sulfide) groups is 1. The van der Waals surface area contributed by atoms with Crippen molar-refractivity contribution in [1.82, 2.24) is 5.32 Å². The standard InChI is InChI=1S/C15H20FNOS/c1-15(2,3)9-14(18)17-12-6-7-19-13-5-4-10(16)8-11(12)13/h4-5,8,12H,6-7,9H2,1-3H3,(H,17,18). The van der Waals surface area contributed by atoms with Crippen LogP contribution in [0.15, 0.2) is 23.1 Å². The van der Waals surface area contributed by atoms with Crippen LogP contribution in [-0.2, 0) is 4.79 Å². The Balaban J connectivity index is 2.11. The Kier molecular flexibility index (Phi) is 4.19. The third-order valence-electron chi connectivity index (χ3n) is 3.04. The summed E-state index contributed by atoms with van der Waals surface area (Å²) in [6.45, 7) is 6.12. The van der Waals surface area contributed by atoms with Gasteiger partial charge >= 0.3 is 0 Å².